The standard InChI is InChI=1S/C20H28N4S.HI/c1-15-11-18(14-24(15)13-17-7-5-4-6-8-17)23-20(21-3)22-12-19-10-9-16(2)25-19;/h4-10,15,18H,11-14H2,1-3H3,(H2,21,22,23);1H. The summed E-state index contributed by atoms with van der Waals surface area (Å²) in [5.74, 6) is 0.893. The van der Waals surface area contributed by atoms with Crippen molar-refractivity contribution in [2.75, 3.05) is 13.6 Å². The van der Waals surface area contributed by atoms with Crippen molar-refractivity contribution in [1.82, 2.24) is 15.5 Å². The first-order valence-electron chi connectivity index (χ1n) is 8.94. The number of guanidine groups is 1. The Labute approximate surface area is 178 Å². The van der Waals surface area contributed by atoms with Gasteiger partial charge in [0.2, 0.25) is 0 Å². The van der Waals surface area contributed by atoms with Crippen LogP contribution in [0.4, 0.5) is 0 Å². The number of hydrogen-bond acceptors (Lipinski definition) is 3. The highest BCUT2D eigenvalue weighted by Gasteiger charge is 2.29. The van der Waals surface area contributed by atoms with Gasteiger partial charge in [-0.2, -0.15) is 0 Å². The number of likely N-dealkylation sites (tertiary alicyclic amines) is 1. The second-order valence-corrected chi connectivity index (χ2v) is 8.15. The zero-order chi connectivity index (χ0) is 17.6. The minimum atomic E-state index is 0. The molecule has 0 spiro atoms. The van der Waals surface area contributed by atoms with Gasteiger partial charge in [0, 0.05) is 42.0 Å². The topological polar surface area (TPSA) is 39.7 Å². The summed E-state index contributed by atoms with van der Waals surface area (Å²) in [5.41, 5.74) is 1.38. The highest BCUT2D eigenvalue weighted by molar-refractivity contribution is 14.0. The van der Waals surface area contributed by atoms with E-state index in [1.54, 1.807) is 0 Å². The van der Waals surface area contributed by atoms with E-state index in [0.29, 0.717) is 12.1 Å². The molecular formula is C20H29IN4S. The fourth-order valence-corrected chi connectivity index (χ4v) is 4.21. The summed E-state index contributed by atoms with van der Waals surface area (Å²) < 4.78 is 0. The number of nitrogens with zero attached hydrogens (tertiary/aromatic N) is 2. The zero-order valence-electron chi connectivity index (χ0n) is 15.7. The first-order valence-corrected chi connectivity index (χ1v) is 9.76. The molecule has 2 heterocycles. The second kappa shape index (κ2) is 10.3. The third-order valence-electron chi connectivity index (χ3n) is 4.72. The fourth-order valence-electron chi connectivity index (χ4n) is 3.38. The molecule has 3 rings (SSSR count). The van der Waals surface area contributed by atoms with Crippen molar-refractivity contribution in [3.63, 3.8) is 0 Å². The number of rotatable bonds is 5. The van der Waals surface area contributed by atoms with Gasteiger partial charge in [0.05, 0.1) is 6.54 Å². The molecular weight excluding hydrogens is 455 g/mol. The molecule has 1 saturated heterocycles. The minimum absolute atomic E-state index is 0. The van der Waals surface area contributed by atoms with Gasteiger partial charge in [-0.1, -0.05) is 30.3 Å². The monoisotopic (exact) mass is 484 g/mol. The van der Waals surface area contributed by atoms with Crippen molar-refractivity contribution >= 4 is 41.3 Å². The van der Waals surface area contributed by atoms with E-state index >= 15 is 0 Å². The molecule has 1 aliphatic rings. The summed E-state index contributed by atoms with van der Waals surface area (Å²) in [6.45, 7) is 7.35. The molecule has 1 fully saturated rings. The van der Waals surface area contributed by atoms with Gasteiger partial charge in [0.15, 0.2) is 5.96 Å². The molecule has 0 radical (unpaired) electrons. The van der Waals surface area contributed by atoms with Crippen LogP contribution in [0.5, 0.6) is 0 Å². The van der Waals surface area contributed by atoms with Gasteiger partial charge in [-0.25, -0.2) is 0 Å². The fraction of sp³-hybridized carbons (Fsp3) is 0.450. The van der Waals surface area contributed by atoms with Crippen LogP contribution >= 0.6 is 35.3 Å². The molecule has 0 amide bonds. The van der Waals surface area contributed by atoms with Gasteiger partial charge in [0.1, 0.15) is 0 Å². The van der Waals surface area contributed by atoms with E-state index in [2.05, 4.69) is 76.8 Å². The number of nitrogens with one attached hydrogen (secondary N) is 2. The van der Waals surface area contributed by atoms with Crippen LogP contribution in [-0.2, 0) is 13.1 Å². The minimum Gasteiger partial charge on any atom is -0.352 e. The van der Waals surface area contributed by atoms with Crippen molar-refractivity contribution in [1.29, 1.82) is 0 Å². The second-order valence-electron chi connectivity index (χ2n) is 6.78. The summed E-state index contributed by atoms with van der Waals surface area (Å²) in [5, 5.41) is 7.03. The lowest BCUT2D eigenvalue weighted by molar-refractivity contribution is 0.258. The largest absolute Gasteiger partial charge is 0.352 e. The Morgan fingerprint density at radius 3 is 2.65 bits per heavy atom. The van der Waals surface area contributed by atoms with Gasteiger partial charge in [0.25, 0.3) is 0 Å². The summed E-state index contributed by atoms with van der Waals surface area (Å²) in [6.07, 6.45) is 1.14. The van der Waals surface area contributed by atoms with Crippen LogP contribution in [-0.4, -0.2) is 36.5 Å². The Kier molecular flexibility index (Phi) is 8.37. The molecule has 0 aliphatic carbocycles. The Balaban J connectivity index is 0.00000243. The zero-order valence-corrected chi connectivity index (χ0v) is 18.9. The van der Waals surface area contributed by atoms with E-state index in [4.69, 9.17) is 0 Å². The lowest BCUT2D eigenvalue weighted by Crippen LogP contribution is -2.44. The first-order chi connectivity index (χ1) is 12.1. The smallest absolute Gasteiger partial charge is 0.191 e. The van der Waals surface area contributed by atoms with Gasteiger partial charge in [-0.05, 0) is 38.0 Å². The average molecular weight is 484 g/mol. The van der Waals surface area contributed by atoms with Crippen LogP contribution in [0.25, 0.3) is 0 Å². The van der Waals surface area contributed by atoms with Crippen molar-refractivity contribution < 1.29 is 0 Å². The quantitative estimate of drug-likeness (QED) is 0.383. The van der Waals surface area contributed by atoms with Crippen LogP contribution in [0.2, 0.25) is 0 Å². The van der Waals surface area contributed by atoms with E-state index < -0.39 is 0 Å². The molecule has 0 bridgehead atoms. The summed E-state index contributed by atoms with van der Waals surface area (Å²) in [4.78, 5) is 9.62. The van der Waals surface area contributed by atoms with Crippen molar-refractivity contribution in [3.8, 4) is 0 Å². The summed E-state index contributed by atoms with van der Waals surface area (Å²) >= 11 is 1.83. The summed E-state index contributed by atoms with van der Waals surface area (Å²) in [6, 6.07) is 16.1. The maximum Gasteiger partial charge on any atom is 0.191 e. The van der Waals surface area contributed by atoms with Gasteiger partial charge >= 0.3 is 0 Å². The molecule has 4 nitrogen and oxygen atoms in total. The lowest BCUT2D eigenvalue weighted by Gasteiger charge is -2.21. The highest BCUT2D eigenvalue weighted by atomic mass is 127. The van der Waals surface area contributed by atoms with E-state index in [1.165, 1.54) is 15.3 Å². The molecule has 1 aromatic carbocycles. The molecule has 1 aromatic heterocycles. The van der Waals surface area contributed by atoms with Gasteiger partial charge in [-0.15, -0.1) is 35.3 Å². The van der Waals surface area contributed by atoms with E-state index in [9.17, 15) is 0 Å². The first kappa shape index (κ1) is 21.2. The number of thiophene rings is 1. The van der Waals surface area contributed by atoms with Crippen LogP contribution < -0.4 is 10.6 Å². The Hall–Kier alpha value is -1.12. The molecule has 1 aliphatic heterocycles. The number of hydrogen-bond donors (Lipinski definition) is 2. The molecule has 2 atom stereocenters. The third-order valence-corrected chi connectivity index (χ3v) is 5.72. The highest BCUT2D eigenvalue weighted by Crippen LogP contribution is 2.20. The van der Waals surface area contributed by atoms with Crippen molar-refractivity contribution in [3.05, 3.63) is 57.8 Å². The maximum atomic E-state index is 4.39. The molecule has 26 heavy (non-hydrogen) atoms. The van der Waals surface area contributed by atoms with Gasteiger partial charge < -0.3 is 10.6 Å². The van der Waals surface area contributed by atoms with Crippen molar-refractivity contribution in [2.24, 2.45) is 4.99 Å². The van der Waals surface area contributed by atoms with Gasteiger partial charge in [-0.3, -0.25) is 9.89 Å². The lowest BCUT2D eigenvalue weighted by atomic mass is 10.2. The predicted octanol–water partition coefficient (Wildman–Crippen LogP) is 4.00. The number of aryl methyl sites for hydroxylation is 1. The SMILES string of the molecule is CN=C(NCc1ccc(C)s1)NC1CC(C)N(Cc2ccccc2)C1.I. The van der Waals surface area contributed by atoms with Crippen molar-refractivity contribution in [2.45, 2.75) is 45.4 Å². The van der Waals surface area contributed by atoms with Crippen LogP contribution in [0.15, 0.2) is 47.5 Å². The third kappa shape index (κ3) is 5.96. The number of halogens is 1. The molecule has 142 valence electrons. The van der Waals surface area contributed by atoms with Crippen LogP contribution in [0, 0.1) is 6.92 Å². The average Bonchev–Trinajstić information content (AvgIpc) is 3.18. The maximum absolute atomic E-state index is 4.39. The van der Waals surface area contributed by atoms with E-state index in [-0.39, 0.29) is 24.0 Å². The Bertz CT molecular complexity index is 701. The van der Waals surface area contributed by atoms with E-state index in [0.717, 1.165) is 32.0 Å². The number of benzene rings is 1. The molecule has 2 N–H and O–H groups in total. The predicted molar refractivity (Wildman–Crippen MR) is 123 cm³/mol. The summed E-state index contributed by atoms with van der Waals surface area (Å²) in [7, 11) is 1.84. The van der Waals surface area contributed by atoms with E-state index in [1.807, 2.05) is 18.4 Å². The molecule has 2 aromatic rings. The number of aliphatic imine (C=N–C) groups is 1. The Morgan fingerprint density at radius 2 is 2.00 bits per heavy atom. The molecule has 6 heteroatoms. The van der Waals surface area contributed by atoms with Crippen LogP contribution in [0.3, 0.4) is 0 Å². The normalized spacial score (nSPS) is 20.7. The van der Waals surface area contributed by atoms with Crippen LogP contribution in [0.1, 0.15) is 28.7 Å². The molecule has 2 unspecified atom stereocenters. The molecule has 0 saturated carbocycles. The Morgan fingerprint density at radius 1 is 1.23 bits per heavy atom.